The van der Waals surface area contributed by atoms with Gasteiger partial charge in [-0.3, -0.25) is 4.79 Å². The fraction of sp³-hybridized carbons (Fsp3) is 0.300. The molecule has 0 saturated carbocycles. The molecule has 1 aromatic carbocycles. The van der Waals surface area contributed by atoms with E-state index in [1.807, 2.05) is 0 Å². The van der Waals surface area contributed by atoms with Crippen molar-refractivity contribution in [3.05, 3.63) is 35.6 Å². The van der Waals surface area contributed by atoms with Gasteiger partial charge in [0.25, 0.3) is 5.91 Å². The molecule has 15 heavy (non-hydrogen) atoms. The van der Waals surface area contributed by atoms with Crippen molar-refractivity contribution in [1.29, 1.82) is 0 Å². The highest BCUT2D eigenvalue weighted by Gasteiger charge is 2.17. The normalized spacial score (nSPS) is 12.6. The van der Waals surface area contributed by atoms with Gasteiger partial charge in [0.05, 0.1) is 6.04 Å². The first-order chi connectivity index (χ1) is 7.00. The molecule has 1 amide bonds. The van der Waals surface area contributed by atoms with E-state index < -0.39 is 24.2 Å². The Balaban J connectivity index is 2.65. The van der Waals surface area contributed by atoms with E-state index in [2.05, 4.69) is 5.32 Å². The highest BCUT2D eigenvalue weighted by Crippen LogP contribution is 2.13. The molecule has 0 spiro atoms. The average Bonchev–Trinajstić information content (AvgIpc) is 2.18. The van der Waals surface area contributed by atoms with Crippen molar-refractivity contribution >= 4 is 5.91 Å². The molecule has 1 atom stereocenters. The zero-order valence-corrected chi connectivity index (χ0v) is 8.01. The lowest BCUT2D eigenvalue weighted by Gasteiger charge is -2.13. The van der Waals surface area contributed by atoms with E-state index in [4.69, 9.17) is 0 Å². The maximum atomic E-state index is 12.5. The average molecular weight is 217 g/mol. The zero-order valence-electron chi connectivity index (χ0n) is 8.01. The van der Waals surface area contributed by atoms with E-state index in [0.717, 1.165) is 0 Å². The number of amides is 1. The first kappa shape index (κ1) is 11.6. The molecule has 0 unspecified atom stereocenters. The zero-order chi connectivity index (χ0) is 11.4. The van der Waals surface area contributed by atoms with Gasteiger partial charge in [0, 0.05) is 0 Å². The lowest BCUT2D eigenvalue weighted by atomic mass is 10.1. The van der Waals surface area contributed by atoms with Crippen LogP contribution in [0.4, 0.5) is 13.2 Å². The maximum Gasteiger partial charge on any atom is 0.315 e. The van der Waals surface area contributed by atoms with Crippen LogP contribution in [0.25, 0.3) is 0 Å². The van der Waals surface area contributed by atoms with Crippen LogP contribution in [0.3, 0.4) is 0 Å². The van der Waals surface area contributed by atoms with Crippen LogP contribution in [0.2, 0.25) is 0 Å². The number of hydrogen-bond donors (Lipinski definition) is 1. The van der Waals surface area contributed by atoms with Crippen molar-refractivity contribution in [2.45, 2.75) is 19.4 Å². The molecule has 5 heteroatoms. The Morgan fingerprint density at radius 2 is 1.80 bits per heavy atom. The summed E-state index contributed by atoms with van der Waals surface area (Å²) in [5.74, 6) is -1.74. The van der Waals surface area contributed by atoms with Gasteiger partial charge in [-0.15, -0.1) is 0 Å². The van der Waals surface area contributed by atoms with E-state index in [0.29, 0.717) is 5.56 Å². The molecule has 0 radical (unpaired) electrons. The number of rotatable bonds is 3. The van der Waals surface area contributed by atoms with Gasteiger partial charge in [0.2, 0.25) is 0 Å². The molecule has 0 aliphatic carbocycles. The van der Waals surface area contributed by atoms with Crippen molar-refractivity contribution in [2.24, 2.45) is 0 Å². The molecule has 0 aromatic heterocycles. The summed E-state index contributed by atoms with van der Waals surface area (Å²) in [6.45, 7) is 1.55. The van der Waals surface area contributed by atoms with Crippen LogP contribution in [-0.4, -0.2) is 12.3 Å². The molecule has 82 valence electrons. The van der Waals surface area contributed by atoms with Crippen LogP contribution in [-0.2, 0) is 4.79 Å². The number of nitrogens with one attached hydrogen (secondary N) is 1. The monoisotopic (exact) mass is 217 g/mol. The first-order valence-electron chi connectivity index (χ1n) is 4.34. The smallest absolute Gasteiger partial charge is 0.315 e. The van der Waals surface area contributed by atoms with Gasteiger partial charge in [0.1, 0.15) is 5.82 Å². The fourth-order valence-corrected chi connectivity index (χ4v) is 1.11. The largest absolute Gasteiger partial charge is 0.345 e. The summed E-state index contributed by atoms with van der Waals surface area (Å²) in [4.78, 5) is 10.7. The van der Waals surface area contributed by atoms with Crippen molar-refractivity contribution in [2.75, 3.05) is 0 Å². The third-order valence-electron chi connectivity index (χ3n) is 1.93. The third-order valence-corrected chi connectivity index (χ3v) is 1.93. The molecular formula is C10H10F3NO. The van der Waals surface area contributed by atoms with Crippen molar-refractivity contribution in [3.8, 4) is 0 Å². The van der Waals surface area contributed by atoms with Gasteiger partial charge in [-0.2, -0.15) is 8.78 Å². The SMILES string of the molecule is C[C@@H](NC(=O)C(F)F)c1ccc(F)cc1. The molecule has 1 aromatic rings. The summed E-state index contributed by atoms with van der Waals surface area (Å²) in [5.41, 5.74) is 0.574. The summed E-state index contributed by atoms with van der Waals surface area (Å²) >= 11 is 0. The molecule has 0 aliphatic heterocycles. The van der Waals surface area contributed by atoms with E-state index >= 15 is 0 Å². The van der Waals surface area contributed by atoms with Crippen LogP contribution < -0.4 is 5.32 Å². The van der Waals surface area contributed by atoms with Gasteiger partial charge >= 0.3 is 6.43 Å². The van der Waals surface area contributed by atoms with Crippen molar-refractivity contribution in [3.63, 3.8) is 0 Å². The Kier molecular flexibility index (Phi) is 3.71. The van der Waals surface area contributed by atoms with Crippen molar-refractivity contribution in [1.82, 2.24) is 5.32 Å². The Morgan fingerprint density at radius 3 is 2.27 bits per heavy atom. The molecule has 0 bridgehead atoms. The maximum absolute atomic E-state index is 12.5. The topological polar surface area (TPSA) is 29.1 Å². The van der Waals surface area contributed by atoms with Gasteiger partial charge in [-0.25, -0.2) is 4.39 Å². The quantitative estimate of drug-likeness (QED) is 0.826. The minimum Gasteiger partial charge on any atom is -0.345 e. The Bertz CT molecular complexity index is 337. The predicted octanol–water partition coefficient (Wildman–Crippen LogP) is 2.27. The van der Waals surface area contributed by atoms with E-state index in [1.54, 1.807) is 6.92 Å². The van der Waals surface area contributed by atoms with Crippen LogP contribution in [0.1, 0.15) is 18.5 Å². The van der Waals surface area contributed by atoms with Crippen molar-refractivity contribution < 1.29 is 18.0 Å². The third kappa shape index (κ3) is 3.27. The second kappa shape index (κ2) is 4.82. The van der Waals surface area contributed by atoms with Crippen LogP contribution >= 0.6 is 0 Å². The molecule has 0 heterocycles. The summed E-state index contributed by atoms with van der Waals surface area (Å²) in [7, 11) is 0. The number of benzene rings is 1. The van der Waals surface area contributed by atoms with E-state index in [1.165, 1.54) is 24.3 Å². The predicted molar refractivity (Wildman–Crippen MR) is 49.0 cm³/mol. The fourth-order valence-electron chi connectivity index (χ4n) is 1.11. The number of alkyl halides is 2. The molecule has 0 aliphatic rings. The lowest BCUT2D eigenvalue weighted by molar-refractivity contribution is -0.132. The molecule has 1 N–H and O–H groups in total. The molecular weight excluding hydrogens is 207 g/mol. The van der Waals surface area contributed by atoms with Crippen LogP contribution in [0.15, 0.2) is 24.3 Å². The van der Waals surface area contributed by atoms with E-state index in [-0.39, 0.29) is 0 Å². The van der Waals surface area contributed by atoms with Gasteiger partial charge in [0.15, 0.2) is 0 Å². The Hall–Kier alpha value is -1.52. The second-order valence-corrected chi connectivity index (χ2v) is 3.08. The molecule has 0 saturated heterocycles. The summed E-state index contributed by atoms with van der Waals surface area (Å²) < 4.78 is 36.3. The first-order valence-corrected chi connectivity index (χ1v) is 4.34. The second-order valence-electron chi connectivity index (χ2n) is 3.08. The Morgan fingerprint density at radius 1 is 1.27 bits per heavy atom. The van der Waals surface area contributed by atoms with Crippen LogP contribution in [0, 0.1) is 5.82 Å². The lowest BCUT2D eigenvalue weighted by Crippen LogP contribution is -2.31. The Labute approximate surface area is 85.1 Å². The minimum atomic E-state index is -3.03. The number of carbonyl (C=O) groups is 1. The molecule has 0 fully saturated rings. The molecule has 2 nitrogen and oxygen atoms in total. The minimum absolute atomic E-state index is 0.411. The summed E-state index contributed by atoms with van der Waals surface area (Å²) in [6, 6.07) is 4.73. The highest BCUT2D eigenvalue weighted by molar-refractivity contribution is 5.79. The van der Waals surface area contributed by atoms with Gasteiger partial charge < -0.3 is 5.32 Å². The van der Waals surface area contributed by atoms with Crippen LogP contribution in [0.5, 0.6) is 0 Å². The molecule has 1 rings (SSSR count). The number of carbonyl (C=O) groups excluding carboxylic acids is 1. The number of hydrogen-bond acceptors (Lipinski definition) is 1. The number of halogens is 3. The van der Waals surface area contributed by atoms with E-state index in [9.17, 15) is 18.0 Å². The summed E-state index contributed by atoms with van der Waals surface area (Å²) in [6.07, 6.45) is -3.03. The van der Waals surface area contributed by atoms with Gasteiger partial charge in [-0.1, -0.05) is 12.1 Å². The highest BCUT2D eigenvalue weighted by atomic mass is 19.3. The van der Waals surface area contributed by atoms with Gasteiger partial charge in [-0.05, 0) is 24.6 Å². The standard InChI is InChI=1S/C10H10F3NO/c1-6(14-10(15)9(12)13)7-2-4-8(11)5-3-7/h2-6,9H,1H3,(H,14,15)/t6-/m1/s1. The summed E-state index contributed by atoms with van der Waals surface area (Å²) in [5, 5.41) is 2.10.